The van der Waals surface area contributed by atoms with E-state index in [4.69, 9.17) is 21.1 Å². The maximum atomic E-state index is 13.8. The van der Waals surface area contributed by atoms with Crippen LogP contribution in [0.5, 0.6) is 11.5 Å². The molecule has 0 atom stereocenters. The normalized spacial score (nSPS) is 10.7. The molecule has 0 bridgehead atoms. The second kappa shape index (κ2) is 9.15. The molecule has 3 aromatic rings. The van der Waals surface area contributed by atoms with E-state index in [0.29, 0.717) is 22.5 Å². The summed E-state index contributed by atoms with van der Waals surface area (Å²) in [5, 5.41) is 11.6. The molecule has 0 fully saturated rings. The Hall–Kier alpha value is -2.78. The van der Waals surface area contributed by atoms with Gasteiger partial charge in [-0.15, -0.1) is 10.2 Å². The molecule has 0 saturated heterocycles. The minimum absolute atomic E-state index is 0.0416. The highest BCUT2D eigenvalue weighted by atomic mass is 35.5. The molecule has 0 saturated carbocycles. The molecule has 152 valence electrons. The van der Waals surface area contributed by atoms with Crippen LogP contribution in [0.25, 0.3) is 11.4 Å². The lowest BCUT2D eigenvalue weighted by atomic mass is 10.2. The summed E-state index contributed by atoms with van der Waals surface area (Å²) in [6.07, 6.45) is 0. The molecule has 1 amide bonds. The highest BCUT2D eigenvalue weighted by Crippen LogP contribution is 2.32. The van der Waals surface area contributed by atoms with Gasteiger partial charge in [-0.05, 0) is 36.4 Å². The Balaban J connectivity index is 1.69. The van der Waals surface area contributed by atoms with Crippen molar-refractivity contribution in [1.29, 1.82) is 0 Å². The predicted molar refractivity (Wildman–Crippen MR) is 110 cm³/mol. The second-order valence-corrected chi connectivity index (χ2v) is 7.27. The summed E-state index contributed by atoms with van der Waals surface area (Å²) >= 11 is 6.90. The van der Waals surface area contributed by atoms with E-state index < -0.39 is 5.82 Å². The lowest BCUT2D eigenvalue weighted by Gasteiger charge is -2.09. The van der Waals surface area contributed by atoms with Gasteiger partial charge in [-0.25, -0.2) is 4.39 Å². The van der Waals surface area contributed by atoms with Crippen LogP contribution in [-0.2, 0) is 11.8 Å². The number of hydrogen-bond acceptors (Lipinski definition) is 6. The van der Waals surface area contributed by atoms with Crippen molar-refractivity contribution in [2.45, 2.75) is 5.16 Å². The molecule has 0 spiro atoms. The summed E-state index contributed by atoms with van der Waals surface area (Å²) in [6.45, 7) is 0. The van der Waals surface area contributed by atoms with Crippen molar-refractivity contribution in [3.05, 3.63) is 47.2 Å². The highest BCUT2D eigenvalue weighted by Gasteiger charge is 2.15. The average molecular weight is 437 g/mol. The van der Waals surface area contributed by atoms with Gasteiger partial charge in [0, 0.05) is 17.6 Å². The highest BCUT2D eigenvalue weighted by molar-refractivity contribution is 7.99. The van der Waals surface area contributed by atoms with Crippen LogP contribution < -0.4 is 14.8 Å². The first-order valence-electron chi connectivity index (χ1n) is 8.42. The third kappa shape index (κ3) is 4.80. The molecule has 3 rings (SSSR count). The first-order valence-corrected chi connectivity index (χ1v) is 9.78. The SMILES string of the molecule is COc1ccc(-c2nnc(SCC(=O)Nc3ccc(Cl)cc3F)n2C)cc1OC. The number of ether oxygens (including phenoxy) is 2. The van der Waals surface area contributed by atoms with Crippen LogP contribution >= 0.6 is 23.4 Å². The van der Waals surface area contributed by atoms with Crippen LogP contribution in [0.4, 0.5) is 10.1 Å². The maximum absolute atomic E-state index is 13.8. The third-order valence-electron chi connectivity index (χ3n) is 4.01. The Labute approximate surface area is 176 Å². The number of hydrogen-bond donors (Lipinski definition) is 1. The number of methoxy groups -OCH3 is 2. The molecular weight excluding hydrogens is 419 g/mol. The summed E-state index contributed by atoms with van der Waals surface area (Å²) in [5.41, 5.74) is 0.862. The van der Waals surface area contributed by atoms with Gasteiger partial charge in [0.25, 0.3) is 0 Å². The van der Waals surface area contributed by atoms with Gasteiger partial charge in [-0.2, -0.15) is 0 Å². The Morgan fingerprint density at radius 1 is 1.17 bits per heavy atom. The molecule has 0 aliphatic rings. The van der Waals surface area contributed by atoms with Gasteiger partial charge in [0.15, 0.2) is 22.5 Å². The number of halogens is 2. The summed E-state index contributed by atoms with van der Waals surface area (Å²) in [6, 6.07) is 9.48. The quantitative estimate of drug-likeness (QED) is 0.563. The number of carbonyl (C=O) groups is 1. The van der Waals surface area contributed by atoms with Gasteiger partial charge < -0.3 is 19.4 Å². The molecule has 1 aromatic heterocycles. The first-order chi connectivity index (χ1) is 13.9. The van der Waals surface area contributed by atoms with Crippen LogP contribution in [0.2, 0.25) is 5.02 Å². The van der Waals surface area contributed by atoms with E-state index in [-0.39, 0.29) is 22.4 Å². The number of nitrogens with one attached hydrogen (secondary N) is 1. The van der Waals surface area contributed by atoms with E-state index in [1.807, 2.05) is 6.07 Å². The Morgan fingerprint density at radius 3 is 2.62 bits per heavy atom. The smallest absolute Gasteiger partial charge is 0.234 e. The molecule has 2 aromatic carbocycles. The minimum Gasteiger partial charge on any atom is -0.493 e. The minimum atomic E-state index is -0.592. The van der Waals surface area contributed by atoms with E-state index in [1.54, 1.807) is 38.0 Å². The van der Waals surface area contributed by atoms with Gasteiger partial charge in [-0.1, -0.05) is 23.4 Å². The van der Waals surface area contributed by atoms with Gasteiger partial charge in [-0.3, -0.25) is 4.79 Å². The Kier molecular flexibility index (Phi) is 6.60. The zero-order valence-electron chi connectivity index (χ0n) is 15.9. The summed E-state index contributed by atoms with van der Waals surface area (Å²) in [4.78, 5) is 12.1. The number of rotatable bonds is 7. The zero-order chi connectivity index (χ0) is 21.0. The average Bonchev–Trinajstić information content (AvgIpc) is 3.08. The molecule has 7 nitrogen and oxygen atoms in total. The second-order valence-electron chi connectivity index (χ2n) is 5.90. The molecule has 1 N–H and O–H groups in total. The van der Waals surface area contributed by atoms with Crippen LogP contribution in [0.1, 0.15) is 0 Å². The van der Waals surface area contributed by atoms with Crippen molar-refractivity contribution in [3.63, 3.8) is 0 Å². The van der Waals surface area contributed by atoms with E-state index in [2.05, 4.69) is 15.5 Å². The van der Waals surface area contributed by atoms with Crippen molar-refractivity contribution >= 4 is 35.0 Å². The third-order valence-corrected chi connectivity index (χ3v) is 5.27. The summed E-state index contributed by atoms with van der Waals surface area (Å²) in [7, 11) is 4.92. The van der Waals surface area contributed by atoms with Gasteiger partial charge in [0.2, 0.25) is 5.91 Å². The molecule has 1 heterocycles. The van der Waals surface area contributed by atoms with E-state index in [1.165, 1.54) is 23.9 Å². The van der Waals surface area contributed by atoms with Crippen molar-refractivity contribution in [1.82, 2.24) is 14.8 Å². The van der Waals surface area contributed by atoms with Crippen molar-refractivity contribution in [2.24, 2.45) is 7.05 Å². The fraction of sp³-hybridized carbons (Fsp3) is 0.211. The number of benzene rings is 2. The maximum Gasteiger partial charge on any atom is 0.234 e. The lowest BCUT2D eigenvalue weighted by molar-refractivity contribution is -0.113. The summed E-state index contributed by atoms with van der Waals surface area (Å²) < 4.78 is 26.1. The van der Waals surface area contributed by atoms with Gasteiger partial charge in [0.1, 0.15) is 5.82 Å². The zero-order valence-corrected chi connectivity index (χ0v) is 17.5. The van der Waals surface area contributed by atoms with Crippen LogP contribution in [0.3, 0.4) is 0 Å². The molecule has 0 aliphatic carbocycles. The number of anilines is 1. The van der Waals surface area contributed by atoms with Crippen LogP contribution in [0.15, 0.2) is 41.6 Å². The van der Waals surface area contributed by atoms with E-state index in [9.17, 15) is 9.18 Å². The topological polar surface area (TPSA) is 78.3 Å². The Bertz CT molecular complexity index is 1040. The monoisotopic (exact) mass is 436 g/mol. The van der Waals surface area contributed by atoms with Crippen LogP contribution in [0, 0.1) is 5.82 Å². The lowest BCUT2D eigenvalue weighted by Crippen LogP contribution is -2.15. The standard InChI is InChI=1S/C19H18ClFN4O3S/c1-25-18(11-4-7-15(27-2)16(8-11)28-3)23-24-19(25)29-10-17(26)22-14-6-5-12(20)9-13(14)21/h4-9H,10H2,1-3H3,(H,22,26). The number of thioether (sulfide) groups is 1. The summed E-state index contributed by atoms with van der Waals surface area (Å²) in [5.74, 6) is 0.875. The van der Waals surface area contributed by atoms with Gasteiger partial charge in [0.05, 0.1) is 25.7 Å². The van der Waals surface area contributed by atoms with Crippen molar-refractivity contribution < 1.29 is 18.7 Å². The number of nitrogens with zero attached hydrogens (tertiary/aromatic N) is 3. The van der Waals surface area contributed by atoms with Crippen LogP contribution in [-0.4, -0.2) is 40.6 Å². The van der Waals surface area contributed by atoms with Crippen molar-refractivity contribution in [3.8, 4) is 22.9 Å². The molecule has 0 unspecified atom stereocenters. The van der Waals surface area contributed by atoms with Crippen molar-refractivity contribution in [2.75, 3.05) is 25.3 Å². The molecular formula is C19H18ClFN4O3S. The van der Waals surface area contributed by atoms with E-state index >= 15 is 0 Å². The number of amides is 1. The first kappa shape index (κ1) is 20.9. The molecule has 29 heavy (non-hydrogen) atoms. The predicted octanol–water partition coefficient (Wildman–Crippen LogP) is 4.02. The van der Waals surface area contributed by atoms with E-state index in [0.717, 1.165) is 11.6 Å². The number of carbonyl (C=O) groups excluding carboxylic acids is 1. The Morgan fingerprint density at radius 2 is 1.93 bits per heavy atom. The molecule has 0 radical (unpaired) electrons. The number of aromatic nitrogens is 3. The molecule has 10 heteroatoms. The fourth-order valence-corrected chi connectivity index (χ4v) is 3.44. The largest absolute Gasteiger partial charge is 0.493 e. The van der Waals surface area contributed by atoms with Gasteiger partial charge >= 0.3 is 0 Å². The molecule has 0 aliphatic heterocycles. The fourth-order valence-electron chi connectivity index (χ4n) is 2.57.